The first-order chi connectivity index (χ1) is 34.3. The number of rotatable bonds is 6. The Balaban J connectivity index is 0.000000156. The normalized spacial score (nSPS) is 22.3. The standard InChI is InChI=1S/2C24H23ClF2N4O3S2/c2*1-36(33,34)29-11-13-3-2-6-30(19(13)12-29)23-16-10-17(25)20(15-5-4-14(26)9-18(15)27)22-21(16)31(7-8-35-22)24(32)28-23/h2*4-5,9-10,13,19H,2-3,6-8,11-12H2,1H3/t2*13-,19+/m10/s1. The van der Waals surface area contributed by atoms with Crippen molar-refractivity contribution in [1.82, 2.24) is 27.7 Å². The molecular formula is C48H46Cl2F4N8O6S4. The molecule has 8 heterocycles. The Morgan fingerprint density at radius 3 is 1.36 bits per heavy atom. The van der Waals surface area contributed by atoms with Crippen molar-refractivity contribution in [3.8, 4) is 22.3 Å². The minimum atomic E-state index is -3.34. The first-order valence-corrected chi connectivity index (χ1v) is 29.8. The summed E-state index contributed by atoms with van der Waals surface area (Å²) in [6.07, 6.45) is 5.93. The van der Waals surface area contributed by atoms with Crippen LogP contribution in [0.3, 0.4) is 0 Å². The van der Waals surface area contributed by atoms with Gasteiger partial charge in [-0.2, -0.15) is 18.6 Å². The highest BCUT2D eigenvalue weighted by Gasteiger charge is 2.45. The fraction of sp³-hybridized carbons (Fsp3) is 0.417. The molecule has 24 heteroatoms. The number of hydrogen-bond acceptors (Lipinski definition) is 12. The van der Waals surface area contributed by atoms with Gasteiger partial charge in [0.2, 0.25) is 20.0 Å². The van der Waals surface area contributed by atoms with Gasteiger partial charge < -0.3 is 9.80 Å². The van der Waals surface area contributed by atoms with Crippen LogP contribution in [-0.4, -0.2) is 120 Å². The van der Waals surface area contributed by atoms with Gasteiger partial charge in [-0.15, -0.1) is 23.5 Å². The lowest BCUT2D eigenvalue weighted by Crippen LogP contribution is -2.47. The molecule has 4 aromatic carbocycles. The van der Waals surface area contributed by atoms with E-state index in [1.807, 2.05) is 0 Å². The van der Waals surface area contributed by atoms with Crippen LogP contribution in [0.2, 0.25) is 10.0 Å². The summed E-state index contributed by atoms with van der Waals surface area (Å²) in [5.74, 6) is -0.431. The molecule has 2 aromatic heterocycles. The SMILES string of the molecule is CS(=O)(=O)N1C[C@@H]2CCCN(c3nc(=O)n4c5c(c(-c6ccc(F)cc6F)c(Cl)cc35)SCC4)[C@@H]2C1.CS(=O)(=O)N1C[C@H]2CCCN(c3nc(=O)n4c5c(c(-c6ccc(F)cc6F)c(Cl)cc35)SCC4)[C@H]2C1. The van der Waals surface area contributed by atoms with Crippen LogP contribution < -0.4 is 21.2 Å². The number of sulfonamides is 2. The molecule has 0 saturated carbocycles. The maximum absolute atomic E-state index is 14.8. The molecule has 0 spiro atoms. The zero-order valence-corrected chi connectivity index (χ0v) is 43.5. The topological polar surface area (TPSA) is 151 Å². The molecule has 0 amide bonds. The summed E-state index contributed by atoms with van der Waals surface area (Å²) >= 11 is 16.5. The van der Waals surface area contributed by atoms with Crippen molar-refractivity contribution in [3.63, 3.8) is 0 Å². The minimum absolute atomic E-state index is 0.105. The lowest BCUT2D eigenvalue weighted by Gasteiger charge is -2.38. The highest BCUT2D eigenvalue weighted by atomic mass is 35.5. The average molecular weight is 1110 g/mol. The van der Waals surface area contributed by atoms with Crippen molar-refractivity contribution in [1.29, 1.82) is 0 Å². The smallest absolute Gasteiger partial charge is 0.350 e. The van der Waals surface area contributed by atoms with Crippen LogP contribution in [-0.2, 0) is 33.1 Å². The Hall–Kier alpha value is -4.42. The van der Waals surface area contributed by atoms with Gasteiger partial charge in [-0.1, -0.05) is 23.2 Å². The second-order valence-corrected chi connectivity index (χ2v) is 26.1. The van der Waals surface area contributed by atoms with Gasteiger partial charge in [-0.3, -0.25) is 9.13 Å². The Morgan fingerprint density at radius 1 is 0.583 bits per heavy atom. The molecule has 12 rings (SSSR count). The number of aromatic nitrogens is 4. The summed E-state index contributed by atoms with van der Waals surface area (Å²) in [4.78, 5) is 40.8. The molecule has 6 aliphatic rings. The van der Waals surface area contributed by atoms with Crippen LogP contribution in [0.25, 0.3) is 44.1 Å². The molecule has 0 aliphatic carbocycles. The van der Waals surface area contributed by atoms with Crippen molar-refractivity contribution in [2.75, 3.05) is 73.1 Å². The highest BCUT2D eigenvalue weighted by Crippen LogP contribution is 2.49. The molecule has 0 N–H and O–H groups in total. The van der Waals surface area contributed by atoms with Gasteiger partial charge in [-0.05, 0) is 73.9 Å². The van der Waals surface area contributed by atoms with E-state index in [0.717, 1.165) is 37.8 Å². The van der Waals surface area contributed by atoms with Gasteiger partial charge in [0.15, 0.2) is 0 Å². The quantitative estimate of drug-likeness (QED) is 0.149. The number of benzene rings is 4. The first-order valence-electron chi connectivity index (χ1n) is 23.4. The van der Waals surface area contributed by atoms with Crippen molar-refractivity contribution >= 4 is 100 Å². The van der Waals surface area contributed by atoms with Gasteiger partial charge in [0.1, 0.15) is 34.9 Å². The van der Waals surface area contributed by atoms with Gasteiger partial charge in [-0.25, -0.2) is 44.0 Å². The van der Waals surface area contributed by atoms with Crippen LogP contribution in [0.5, 0.6) is 0 Å². The van der Waals surface area contributed by atoms with E-state index in [2.05, 4.69) is 19.8 Å². The number of aryl methyl sites for hydroxylation is 2. The van der Waals surface area contributed by atoms with E-state index >= 15 is 0 Å². The van der Waals surface area contributed by atoms with Crippen molar-refractivity contribution < 1.29 is 34.4 Å². The van der Waals surface area contributed by atoms with E-state index in [-0.39, 0.29) is 45.1 Å². The average Bonchev–Trinajstić information content (AvgIpc) is 3.99. The Bertz CT molecular complexity index is 3390. The van der Waals surface area contributed by atoms with E-state index < -0.39 is 54.7 Å². The molecule has 6 aromatic rings. The van der Waals surface area contributed by atoms with Crippen molar-refractivity contribution in [3.05, 3.63) is 103 Å². The van der Waals surface area contributed by atoms with Gasteiger partial charge in [0.25, 0.3) is 0 Å². The maximum atomic E-state index is 14.8. The summed E-state index contributed by atoms with van der Waals surface area (Å²) in [7, 11) is -6.68. The lowest BCUT2D eigenvalue weighted by atomic mass is 9.91. The molecular weight excluding hydrogens is 1060 g/mol. The predicted octanol–water partition coefficient (Wildman–Crippen LogP) is 7.92. The number of thioether (sulfide) groups is 2. The third kappa shape index (κ3) is 8.67. The summed E-state index contributed by atoms with van der Waals surface area (Å²) in [6, 6.07) is 9.94. The van der Waals surface area contributed by atoms with Crippen LogP contribution in [0.1, 0.15) is 25.7 Å². The van der Waals surface area contributed by atoms with Crippen LogP contribution in [0.4, 0.5) is 29.2 Å². The summed E-state index contributed by atoms with van der Waals surface area (Å²) < 4.78 is 112. The maximum Gasteiger partial charge on any atom is 0.350 e. The molecule has 0 bridgehead atoms. The lowest BCUT2D eigenvalue weighted by molar-refractivity contribution is 0.380. The molecule has 0 unspecified atom stereocenters. The van der Waals surface area contributed by atoms with E-state index in [9.17, 15) is 44.0 Å². The zero-order chi connectivity index (χ0) is 50.7. The van der Waals surface area contributed by atoms with Gasteiger partial charge in [0.05, 0.1) is 33.6 Å². The van der Waals surface area contributed by atoms with Crippen LogP contribution >= 0.6 is 46.7 Å². The zero-order valence-electron chi connectivity index (χ0n) is 38.8. The number of halogens is 6. The van der Waals surface area contributed by atoms with E-state index in [1.165, 1.54) is 68.9 Å². The molecule has 4 atom stereocenters. The Morgan fingerprint density at radius 2 is 0.986 bits per heavy atom. The van der Waals surface area contributed by atoms with Crippen LogP contribution in [0, 0.1) is 35.1 Å². The molecule has 380 valence electrons. The molecule has 14 nitrogen and oxygen atoms in total. The summed E-state index contributed by atoms with van der Waals surface area (Å²) in [6.45, 7) is 3.74. The fourth-order valence-corrected chi connectivity index (χ4v) is 16.5. The number of piperidine rings is 2. The Kier molecular flexibility index (Phi) is 13.0. The number of hydrogen-bond donors (Lipinski definition) is 0. The molecule has 0 radical (unpaired) electrons. The summed E-state index contributed by atoms with van der Waals surface area (Å²) in [5.41, 5.74) is 1.63. The largest absolute Gasteiger partial charge is 0.351 e. The summed E-state index contributed by atoms with van der Waals surface area (Å²) in [5, 5.41) is 1.91. The second kappa shape index (κ2) is 18.7. The monoisotopic (exact) mass is 1100 g/mol. The predicted molar refractivity (Wildman–Crippen MR) is 275 cm³/mol. The van der Waals surface area contributed by atoms with E-state index in [1.54, 1.807) is 21.3 Å². The minimum Gasteiger partial charge on any atom is -0.351 e. The van der Waals surface area contributed by atoms with Gasteiger partial charge in [0, 0.05) is 131 Å². The van der Waals surface area contributed by atoms with Crippen molar-refractivity contribution in [2.45, 2.75) is 60.6 Å². The van der Waals surface area contributed by atoms with Gasteiger partial charge >= 0.3 is 11.4 Å². The molecule has 4 saturated heterocycles. The molecule has 4 fully saturated rings. The third-order valence-corrected chi connectivity index (χ3v) is 20.0. The number of fused-ring (bicyclic) bond motifs is 2. The van der Waals surface area contributed by atoms with Crippen molar-refractivity contribution in [2.24, 2.45) is 11.8 Å². The Labute approximate surface area is 430 Å². The third-order valence-electron chi connectivity index (χ3n) is 14.8. The highest BCUT2D eigenvalue weighted by molar-refractivity contribution is 8.00. The second-order valence-electron chi connectivity index (χ2n) is 19.1. The molecule has 72 heavy (non-hydrogen) atoms. The first kappa shape index (κ1) is 49.8. The number of nitrogens with zero attached hydrogens (tertiary/aromatic N) is 8. The fourth-order valence-electron chi connectivity index (χ4n) is 11.6. The number of anilines is 2. The van der Waals surface area contributed by atoms with Crippen LogP contribution in [0.15, 0.2) is 67.9 Å². The van der Waals surface area contributed by atoms with E-state index in [4.69, 9.17) is 23.2 Å². The molecule has 6 aliphatic heterocycles. The van der Waals surface area contributed by atoms with E-state index in [0.29, 0.717) is 118 Å².